The Morgan fingerprint density at radius 1 is 1.06 bits per heavy atom. The lowest BCUT2D eigenvalue weighted by Gasteiger charge is -2.07. The van der Waals surface area contributed by atoms with Crippen LogP contribution in [0.5, 0.6) is 11.5 Å². The fraction of sp³-hybridized carbons (Fsp3) is 0.538. The molecule has 2 nitrogen and oxygen atoms in total. The summed E-state index contributed by atoms with van der Waals surface area (Å²) in [6.45, 7) is 3.52. The van der Waals surface area contributed by atoms with Gasteiger partial charge in [0.2, 0.25) is 0 Å². The van der Waals surface area contributed by atoms with Gasteiger partial charge < -0.3 is 9.47 Å². The molecule has 0 unspecified atom stereocenters. The minimum Gasteiger partial charge on any atom is -0.494 e. The van der Waals surface area contributed by atoms with Gasteiger partial charge in [-0.25, -0.2) is 0 Å². The predicted octanol–water partition coefficient (Wildman–Crippen LogP) is 3.10. The highest BCUT2D eigenvalue weighted by Gasteiger charge is 1.96. The van der Waals surface area contributed by atoms with Gasteiger partial charge in [0.1, 0.15) is 11.5 Å². The van der Waals surface area contributed by atoms with Gasteiger partial charge in [-0.3, -0.25) is 0 Å². The van der Waals surface area contributed by atoms with Gasteiger partial charge >= 0.3 is 0 Å². The van der Waals surface area contributed by atoms with Gasteiger partial charge in [-0.2, -0.15) is 0 Å². The average Bonchev–Trinajstić information content (AvgIpc) is 2.36. The molecule has 0 fully saturated rings. The normalized spacial score (nSPS) is 10.9. The molecule has 0 spiro atoms. The predicted molar refractivity (Wildman–Crippen MR) is 76.6 cm³/mol. The Labute approximate surface area is 111 Å². The molecule has 0 aliphatic rings. The highest BCUT2D eigenvalue weighted by atomic mass is 35.5. The van der Waals surface area contributed by atoms with Crippen molar-refractivity contribution in [3.05, 3.63) is 24.3 Å². The Bertz CT molecular complexity index is 290. The zero-order chi connectivity index (χ0) is 12.3. The Kier molecular flexibility index (Phi) is 7.93. The molecule has 0 aliphatic heterocycles. The van der Waals surface area contributed by atoms with Crippen molar-refractivity contribution in [1.82, 2.24) is 0 Å². The summed E-state index contributed by atoms with van der Waals surface area (Å²) in [6.07, 6.45) is 1.16. The Balaban J connectivity index is 2.14. The van der Waals surface area contributed by atoms with Crippen LogP contribution in [-0.4, -0.2) is 28.6 Å². The van der Waals surface area contributed by atoms with E-state index in [1.807, 2.05) is 31.2 Å². The summed E-state index contributed by atoms with van der Waals surface area (Å²) in [5, 5.41) is 0. The standard InChI is InChI=1S/C13H21ClO2Si/c1-2-15-12-4-6-13(7-5-12)16-9-11-17-10-3-8-14/h4-7H,2-3,8-11,17H2,1H3. The zero-order valence-corrected chi connectivity index (χ0v) is 12.6. The van der Waals surface area contributed by atoms with Crippen molar-refractivity contribution in [2.24, 2.45) is 0 Å². The van der Waals surface area contributed by atoms with E-state index in [9.17, 15) is 0 Å². The number of alkyl halides is 1. The van der Waals surface area contributed by atoms with Gasteiger partial charge in [0.15, 0.2) is 0 Å². The van der Waals surface area contributed by atoms with E-state index in [1.165, 1.54) is 12.1 Å². The summed E-state index contributed by atoms with van der Waals surface area (Å²) < 4.78 is 11.0. The fourth-order valence-corrected chi connectivity index (χ4v) is 3.35. The van der Waals surface area contributed by atoms with Crippen LogP contribution in [0.15, 0.2) is 24.3 Å². The monoisotopic (exact) mass is 272 g/mol. The molecule has 0 aliphatic carbocycles. The third kappa shape index (κ3) is 6.59. The first kappa shape index (κ1) is 14.4. The van der Waals surface area contributed by atoms with Crippen molar-refractivity contribution in [2.75, 3.05) is 19.1 Å². The first-order valence-corrected chi connectivity index (χ1v) is 8.82. The minimum absolute atomic E-state index is 0.0344. The molecule has 0 atom stereocenters. The van der Waals surface area contributed by atoms with E-state index >= 15 is 0 Å². The maximum Gasteiger partial charge on any atom is 0.119 e. The van der Waals surface area contributed by atoms with E-state index in [4.69, 9.17) is 21.1 Å². The molecule has 0 bridgehead atoms. The summed E-state index contributed by atoms with van der Waals surface area (Å²) in [4.78, 5) is 0. The van der Waals surface area contributed by atoms with Crippen LogP contribution in [0.1, 0.15) is 13.3 Å². The number of hydrogen-bond donors (Lipinski definition) is 0. The summed E-state index contributed by atoms with van der Waals surface area (Å²) in [7, 11) is 0.0344. The summed E-state index contributed by atoms with van der Waals surface area (Å²) in [5.74, 6) is 2.63. The summed E-state index contributed by atoms with van der Waals surface area (Å²) >= 11 is 5.63. The first-order valence-electron chi connectivity index (χ1n) is 6.28. The molecule has 96 valence electrons. The van der Waals surface area contributed by atoms with E-state index in [2.05, 4.69) is 0 Å². The van der Waals surface area contributed by atoms with Crippen LogP contribution in [-0.2, 0) is 0 Å². The topological polar surface area (TPSA) is 18.5 Å². The van der Waals surface area contributed by atoms with Gasteiger partial charge in [-0.15, -0.1) is 11.6 Å². The number of ether oxygens (including phenoxy) is 2. The van der Waals surface area contributed by atoms with Gasteiger partial charge in [0.25, 0.3) is 0 Å². The lowest BCUT2D eigenvalue weighted by Crippen LogP contribution is -2.01. The first-order chi connectivity index (χ1) is 8.36. The van der Waals surface area contributed by atoms with Crippen LogP contribution in [0.25, 0.3) is 0 Å². The van der Waals surface area contributed by atoms with Crippen molar-refractivity contribution < 1.29 is 9.47 Å². The highest BCUT2D eigenvalue weighted by Crippen LogP contribution is 2.17. The second-order valence-corrected chi connectivity index (χ2v) is 6.36. The third-order valence-electron chi connectivity index (χ3n) is 2.43. The molecule has 1 rings (SSSR count). The van der Waals surface area contributed by atoms with Gasteiger partial charge in [-0.05, 0) is 43.7 Å². The minimum atomic E-state index is 0.0344. The van der Waals surface area contributed by atoms with Crippen LogP contribution >= 0.6 is 11.6 Å². The highest BCUT2D eigenvalue weighted by molar-refractivity contribution is 6.35. The second-order valence-electron chi connectivity index (χ2n) is 3.86. The molecule has 0 aromatic heterocycles. The quantitative estimate of drug-likeness (QED) is 0.391. The molecule has 17 heavy (non-hydrogen) atoms. The maximum absolute atomic E-state index is 5.67. The van der Waals surface area contributed by atoms with Crippen LogP contribution in [0.4, 0.5) is 0 Å². The third-order valence-corrected chi connectivity index (χ3v) is 4.49. The number of hydrogen-bond acceptors (Lipinski definition) is 2. The van der Waals surface area contributed by atoms with Crippen molar-refractivity contribution in [2.45, 2.75) is 25.4 Å². The van der Waals surface area contributed by atoms with E-state index < -0.39 is 0 Å². The van der Waals surface area contributed by atoms with E-state index in [0.29, 0.717) is 6.61 Å². The van der Waals surface area contributed by atoms with Crippen molar-refractivity contribution in [3.63, 3.8) is 0 Å². The lowest BCUT2D eigenvalue weighted by molar-refractivity contribution is 0.330. The zero-order valence-electron chi connectivity index (χ0n) is 10.5. The Morgan fingerprint density at radius 3 is 2.29 bits per heavy atom. The van der Waals surface area contributed by atoms with E-state index in [0.717, 1.165) is 30.4 Å². The molecule has 0 N–H and O–H groups in total. The molecule has 1 aromatic rings. The number of benzene rings is 1. The van der Waals surface area contributed by atoms with E-state index in [-0.39, 0.29) is 9.52 Å². The van der Waals surface area contributed by atoms with Crippen LogP contribution in [0.2, 0.25) is 12.1 Å². The molecule has 0 saturated heterocycles. The summed E-state index contributed by atoms with van der Waals surface area (Å²) in [6, 6.07) is 10.4. The smallest absolute Gasteiger partial charge is 0.119 e. The molecular weight excluding hydrogens is 252 g/mol. The molecule has 1 aromatic carbocycles. The number of halogens is 1. The molecule has 0 amide bonds. The fourth-order valence-electron chi connectivity index (χ4n) is 1.54. The molecule has 0 heterocycles. The molecule has 4 heteroatoms. The molecule has 0 saturated carbocycles. The summed E-state index contributed by atoms with van der Waals surface area (Å²) in [5.41, 5.74) is 0. The Morgan fingerprint density at radius 2 is 1.71 bits per heavy atom. The molecule has 0 radical (unpaired) electrons. The molecular formula is C13H21ClO2Si. The van der Waals surface area contributed by atoms with Crippen molar-refractivity contribution in [3.8, 4) is 11.5 Å². The van der Waals surface area contributed by atoms with Gasteiger partial charge in [-0.1, -0.05) is 6.04 Å². The van der Waals surface area contributed by atoms with E-state index in [1.54, 1.807) is 0 Å². The average molecular weight is 273 g/mol. The lowest BCUT2D eigenvalue weighted by atomic mass is 10.3. The largest absolute Gasteiger partial charge is 0.494 e. The van der Waals surface area contributed by atoms with Crippen molar-refractivity contribution in [1.29, 1.82) is 0 Å². The van der Waals surface area contributed by atoms with Crippen LogP contribution in [0.3, 0.4) is 0 Å². The SMILES string of the molecule is CCOc1ccc(OCC[SiH2]CCCCl)cc1. The van der Waals surface area contributed by atoms with Crippen LogP contribution in [0, 0.1) is 0 Å². The second kappa shape index (κ2) is 9.37. The Hall–Kier alpha value is -0.673. The van der Waals surface area contributed by atoms with Crippen molar-refractivity contribution >= 4 is 21.1 Å². The van der Waals surface area contributed by atoms with Crippen LogP contribution < -0.4 is 9.47 Å². The maximum atomic E-state index is 5.67. The van der Waals surface area contributed by atoms with Gasteiger partial charge in [0, 0.05) is 15.4 Å². The number of rotatable bonds is 9. The van der Waals surface area contributed by atoms with Gasteiger partial charge in [0.05, 0.1) is 13.2 Å².